The van der Waals surface area contributed by atoms with E-state index in [1.807, 2.05) is 24.3 Å². The van der Waals surface area contributed by atoms with Crippen LogP contribution in [0.4, 0.5) is 0 Å². The molecule has 4 aromatic rings. The van der Waals surface area contributed by atoms with Gasteiger partial charge >= 0.3 is 5.97 Å². The summed E-state index contributed by atoms with van der Waals surface area (Å²) in [4.78, 5) is 25.2. The van der Waals surface area contributed by atoms with Gasteiger partial charge in [0.2, 0.25) is 0 Å². The van der Waals surface area contributed by atoms with Crippen molar-refractivity contribution in [3.8, 4) is 11.5 Å². The highest BCUT2D eigenvalue weighted by atomic mass is 35.5. The SMILES string of the molecule is COc1cccc(C(=O)N/N=C\c2cccc(OC(=O)c3sc4ccccc4c3Cl)c2)c1. The van der Waals surface area contributed by atoms with Crippen molar-refractivity contribution >= 4 is 51.1 Å². The highest BCUT2D eigenvalue weighted by Crippen LogP contribution is 2.35. The number of nitrogens with one attached hydrogen (secondary N) is 1. The number of hydrazone groups is 1. The maximum atomic E-state index is 12.6. The van der Waals surface area contributed by atoms with Crippen LogP contribution in [0.3, 0.4) is 0 Å². The normalized spacial score (nSPS) is 10.9. The first-order valence-electron chi connectivity index (χ1n) is 9.52. The van der Waals surface area contributed by atoms with Crippen LogP contribution in [0.5, 0.6) is 11.5 Å². The molecular formula is C24H17ClN2O4S. The molecule has 0 unspecified atom stereocenters. The van der Waals surface area contributed by atoms with Gasteiger partial charge in [0.1, 0.15) is 16.4 Å². The molecule has 0 saturated heterocycles. The third-order valence-corrected chi connectivity index (χ3v) is 6.16. The molecule has 4 rings (SSSR count). The summed E-state index contributed by atoms with van der Waals surface area (Å²) >= 11 is 7.64. The number of carbonyl (C=O) groups excluding carboxylic acids is 2. The van der Waals surface area contributed by atoms with Gasteiger partial charge in [-0.1, -0.05) is 48.0 Å². The molecule has 0 spiro atoms. The molecule has 1 N–H and O–H groups in total. The van der Waals surface area contributed by atoms with Crippen LogP contribution in [0.2, 0.25) is 5.02 Å². The molecule has 0 atom stereocenters. The predicted octanol–water partition coefficient (Wildman–Crippen LogP) is 5.55. The lowest BCUT2D eigenvalue weighted by Crippen LogP contribution is -2.17. The molecule has 0 aliphatic rings. The smallest absolute Gasteiger partial charge is 0.355 e. The Morgan fingerprint density at radius 3 is 2.59 bits per heavy atom. The maximum Gasteiger partial charge on any atom is 0.355 e. The van der Waals surface area contributed by atoms with Crippen molar-refractivity contribution in [2.24, 2.45) is 5.10 Å². The van der Waals surface area contributed by atoms with Crippen LogP contribution >= 0.6 is 22.9 Å². The molecule has 1 amide bonds. The molecule has 8 heteroatoms. The first-order valence-corrected chi connectivity index (χ1v) is 10.7. The van der Waals surface area contributed by atoms with E-state index in [4.69, 9.17) is 21.1 Å². The molecule has 0 saturated carbocycles. The van der Waals surface area contributed by atoms with Crippen LogP contribution in [0.25, 0.3) is 10.1 Å². The van der Waals surface area contributed by atoms with E-state index in [1.165, 1.54) is 24.7 Å². The Kier molecular flexibility index (Phi) is 6.49. The number of methoxy groups -OCH3 is 1. The van der Waals surface area contributed by atoms with Crippen molar-refractivity contribution in [1.82, 2.24) is 5.43 Å². The van der Waals surface area contributed by atoms with Gasteiger partial charge in [-0.3, -0.25) is 4.79 Å². The second kappa shape index (κ2) is 9.64. The van der Waals surface area contributed by atoms with Gasteiger partial charge in [0.25, 0.3) is 5.91 Å². The zero-order valence-corrected chi connectivity index (χ0v) is 18.4. The molecule has 1 heterocycles. The number of hydrogen-bond donors (Lipinski definition) is 1. The number of rotatable bonds is 6. The van der Waals surface area contributed by atoms with E-state index in [9.17, 15) is 9.59 Å². The van der Waals surface area contributed by atoms with Crippen molar-refractivity contribution in [3.63, 3.8) is 0 Å². The van der Waals surface area contributed by atoms with Crippen LogP contribution < -0.4 is 14.9 Å². The zero-order valence-electron chi connectivity index (χ0n) is 16.9. The van der Waals surface area contributed by atoms with Crippen LogP contribution in [0.15, 0.2) is 77.9 Å². The maximum absolute atomic E-state index is 12.6. The average Bonchev–Trinajstić information content (AvgIpc) is 3.16. The predicted molar refractivity (Wildman–Crippen MR) is 126 cm³/mol. The second-order valence-corrected chi connectivity index (χ2v) is 8.06. The van der Waals surface area contributed by atoms with E-state index in [0.717, 1.165) is 10.1 Å². The molecule has 3 aromatic carbocycles. The van der Waals surface area contributed by atoms with E-state index in [-0.39, 0.29) is 5.91 Å². The van der Waals surface area contributed by atoms with Gasteiger partial charge in [-0.25, -0.2) is 10.2 Å². The Balaban J connectivity index is 1.43. The summed E-state index contributed by atoms with van der Waals surface area (Å²) in [6, 6.07) is 21.1. The van der Waals surface area contributed by atoms with Crippen LogP contribution in [0.1, 0.15) is 25.6 Å². The van der Waals surface area contributed by atoms with Crippen LogP contribution in [-0.4, -0.2) is 25.2 Å². The summed E-state index contributed by atoms with van der Waals surface area (Å²) in [5.41, 5.74) is 3.52. The second-order valence-electron chi connectivity index (χ2n) is 6.63. The van der Waals surface area contributed by atoms with Crippen molar-refractivity contribution in [2.75, 3.05) is 7.11 Å². The minimum atomic E-state index is -0.531. The fourth-order valence-electron chi connectivity index (χ4n) is 2.95. The number of nitrogens with zero attached hydrogens (tertiary/aromatic N) is 1. The molecule has 0 bridgehead atoms. The third kappa shape index (κ3) is 4.80. The van der Waals surface area contributed by atoms with Gasteiger partial charge in [-0.05, 0) is 42.0 Å². The Hall–Kier alpha value is -3.68. The lowest BCUT2D eigenvalue weighted by atomic mass is 10.2. The summed E-state index contributed by atoms with van der Waals surface area (Å²) in [6.07, 6.45) is 1.46. The fraction of sp³-hybridized carbons (Fsp3) is 0.0417. The van der Waals surface area contributed by atoms with E-state index in [0.29, 0.717) is 32.5 Å². The monoisotopic (exact) mass is 464 g/mol. The third-order valence-electron chi connectivity index (χ3n) is 4.50. The molecule has 1 aromatic heterocycles. The number of hydrogen-bond acceptors (Lipinski definition) is 6. The van der Waals surface area contributed by atoms with Gasteiger partial charge in [0, 0.05) is 15.6 Å². The van der Waals surface area contributed by atoms with Gasteiger partial charge < -0.3 is 9.47 Å². The molecule has 0 aliphatic carbocycles. The summed E-state index contributed by atoms with van der Waals surface area (Å²) < 4.78 is 11.5. The quantitative estimate of drug-likeness (QED) is 0.176. The van der Waals surface area contributed by atoms with E-state index in [1.54, 1.807) is 48.5 Å². The number of benzene rings is 3. The van der Waals surface area contributed by atoms with E-state index < -0.39 is 5.97 Å². The van der Waals surface area contributed by atoms with Gasteiger partial charge in [-0.2, -0.15) is 5.10 Å². The van der Waals surface area contributed by atoms with Crippen LogP contribution in [0, 0.1) is 0 Å². The summed E-state index contributed by atoms with van der Waals surface area (Å²) in [5, 5.41) is 5.17. The van der Waals surface area contributed by atoms with Crippen molar-refractivity contribution in [3.05, 3.63) is 93.8 Å². The largest absolute Gasteiger partial charge is 0.497 e. The van der Waals surface area contributed by atoms with Crippen molar-refractivity contribution in [2.45, 2.75) is 0 Å². The molecule has 0 radical (unpaired) electrons. The minimum Gasteiger partial charge on any atom is -0.497 e. The summed E-state index contributed by atoms with van der Waals surface area (Å²) in [7, 11) is 1.53. The average molecular weight is 465 g/mol. The number of fused-ring (bicyclic) bond motifs is 1. The molecule has 0 fully saturated rings. The fourth-order valence-corrected chi connectivity index (χ4v) is 4.34. The zero-order chi connectivity index (χ0) is 22.5. The summed E-state index contributed by atoms with van der Waals surface area (Å²) in [6.45, 7) is 0. The number of ether oxygens (including phenoxy) is 2. The van der Waals surface area contributed by atoms with Crippen LogP contribution in [-0.2, 0) is 0 Å². The Morgan fingerprint density at radius 1 is 1.00 bits per heavy atom. The molecular weight excluding hydrogens is 448 g/mol. The number of amides is 1. The Labute approximate surface area is 193 Å². The Morgan fingerprint density at radius 2 is 1.78 bits per heavy atom. The lowest BCUT2D eigenvalue weighted by molar-refractivity contribution is 0.0740. The van der Waals surface area contributed by atoms with E-state index in [2.05, 4.69) is 10.5 Å². The summed E-state index contributed by atoms with van der Waals surface area (Å²) in [5.74, 6) is 0.0141. The highest BCUT2D eigenvalue weighted by molar-refractivity contribution is 7.21. The first-order chi connectivity index (χ1) is 15.5. The topological polar surface area (TPSA) is 77.0 Å². The molecule has 160 valence electrons. The van der Waals surface area contributed by atoms with Crippen molar-refractivity contribution in [1.29, 1.82) is 0 Å². The number of carbonyl (C=O) groups is 2. The lowest BCUT2D eigenvalue weighted by Gasteiger charge is -2.04. The number of esters is 1. The standard InChI is InChI=1S/C24H17ClN2O4S/c1-30-17-8-5-7-16(13-17)23(28)27-26-14-15-6-4-9-18(12-15)31-24(29)22-21(25)19-10-2-3-11-20(19)32-22/h2-14H,1H3,(H,27,28)/b26-14-. The highest BCUT2D eigenvalue weighted by Gasteiger charge is 2.19. The van der Waals surface area contributed by atoms with Gasteiger partial charge in [-0.15, -0.1) is 11.3 Å². The Bertz CT molecular complexity index is 1330. The van der Waals surface area contributed by atoms with E-state index >= 15 is 0 Å². The van der Waals surface area contributed by atoms with Gasteiger partial charge in [0.15, 0.2) is 0 Å². The first kappa shape index (κ1) is 21.5. The molecule has 6 nitrogen and oxygen atoms in total. The number of thiophene rings is 1. The van der Waals surface area contributed by atoms with Crippen molar-refractivity contribution < 1.29 is 19.1 Å². The van der Waals surface area contributed by atoms with Gasteiger partial charge in [0.05, 0.1) is 18.3 Å². The molecule has 32 heavy (non-hydrogen) atoms. The molecule has 0 aliphatic heterocycles. The number of halogens is 1. The minimum absolute atomic E-state index is 0.339.